The van der Waals surface area contributed by atoms with Crippen LogP contribution in [0.15, 0.2) is 24.3 Å². The van der Waals surface area contributed by atoms with Crippen LogP contribution in [0.25, 0.3) is 0 Å². The lowest BCUT2D eigenvalue weighted by Crippen LogP contribution is -2.52. The van der Waals surface area contributed by atoms with Crippen molar-refractivity contribution in [3.63, 3.8) is 0 Å². The number of esters is 3. The molecule has 172 valence electrons. The number of carbonyl (C=O) groups is 4. The second kappa shape index (κ2) is 12.0. The maximum atomic E-state index is 12.4. The first kappa shape index (κ1) is 26.1. The summed E-state index contributed by atoms with van der Waals surface area (Å²) in [6.45, 7) is 9.85. The standard InChI is InChI=1S/C22H32N2O7/c1-12(2)18(23)20(26)24-19(13(3)4)22(28)29-11-14(5)30-21(27)16-7-9-17(10-8-16)31-15(6)25/h7-10,12-14,18-19H,11,23H2,1-6H3,(H,24,26). The van der Waals surface area contributed by atoms with E-state index < -0.39 is 42.0 Å². The van der Waals surface area contributed by atoms with Crippen LogP contribution in [-0.2, 0) is 23.9 Å². The largest absolute Gasteiger partial charge is 0.460 e. The number of nitrogens with one attached hydrogen (secondary N) is 1. The summed E-state index contributed by atoms with van der Waals surface area (Å²) in [5.41, 5.74) is 6.08. The van der Waals surface area contributed by atoms with Gasteiger partial charge in [0.15, 0.2) is 0 Å². The third-order valence-corrected chi connectivity index (χ3v) is 4.36. The highest BCUT2D eigenvalue weighted by Crippen LogP contribution is 2.14. The van der Waals surface area contributed by atoms with E-state index in [4.69, 9.17) is 19.9 Å². The number of hydrogen-bond acceptors (Lipinski definition) is 8. The fraction of sp³-hybridized carbons (Fsp3) is 0.545. The molecule has 1 aromatic rings. The monoisotopic (exact) mass is 436 g/mol. The molecular weight excluding hydrogens is 404 g/mol. The quantitative estimate of drug-likeness (QED) is 0.419. The maximum Gasteiger partial charge on any atom is 0.338 e. The molecule has 0 spiro atoms. The van der Waals surface area contributed by atoms with Gasteiger partial charge in [0.2, 0.25) is 5.91 Å². The highest BCUT2D eigenvalue weighted by atomic mass is 16.6. The van der Waals surface area contributed by atoms with Gasteiger partial charge in [-0.05, 0) is 43.0 Å². The first-order valence-electron chi connectivity index (χ1n) is 10.1. The van der Waals surface area contributed by atoms with E-state index in [1.54, 1.807) is 20.8 Å². The zero-order valence-electron chi connectivity index (χ0n) is 18.8. The van der Waals surface area contributed by atoms with E-state index in [9.17, 15) is 19.2 Å². The average Bonchev–Trinajstić information content (AvgIpc) is 2.69. The molecule has 0 saturated carbocycles. The van der Waals surface area contributed by atoms with Crippen molar-refractivity contribution < 1.29 is 33.4 Å². The molecule has 1 rings (SSSR count). The van der Waals surface area contributed by atoms with Gasteiger partial charge in [-0.2, -0.15) is 0 Å². The van der Waals surface area contributed by atoms with Gasteiger partial charge < -0.3 is 25.3 Å². The number of ether oxygens (including phenoxy) is 3. The topological polar surface area (TPSA) is 134 Å². The number of amides is 1. The Hall–Kier alpha value is -2.94. The number of hydrogen-bond donors (Lipinski definition) is 2. The number of nitrogens with two attached hydrogens (primary N) is 1. The van der Waals surface area contributed by atoms with Crippen LogP contribution in [0.5, 0.6) is 5.75 Å². The minimum atomic E-state index is -0.867. The zero-order chi connectivity index (χ0) is 23.7. The van der Waals surface area contributed by atoms with E-state index in [2.05, 4.69) is 5.32 Å². The van der Waals surface area contributed by atoms with Gasteiger partial charge in [-0.3, -0.25) is 9.59 Å². The predicted molar refractivity (Wildman–Crippen MR) is 113 cm³/mol. The van der Waals surface area contributed by atoms with Crippen molar-refractivity contribution in [3.8, 4) is 5.75 Å². The summed E-state index contributed by atoms with van der Waals surface area (Å²) in [5.74, 6) is -2.13. The summed E-state index contributed by atoms with van der Waals surface area (Å²) < 4.78 is 15.4. The average molecular weight is 437 g/mol. The first-order chi connectivity index (χ1) is 14.4. The molecule has 1 aromatic carbocycles. The number of benzene rings is 1. The van der Waals surface area contributed by atoms with E-state index in [-0.39, 0.29) is 24.0 Å². The molecule has 0 radical (unpaired) electrons. The lowest BCUT2D eigenvalue weighted by molar-refractivity contribution is -0.152. The summed E-state index contributed by atoms with van der Waals surface area (Å²) in [5, 5.41) is 2.62. The lowest BCUT2D eigenvalue weighted by Gasteiger charge is -2.24. The molecule has 0 heterocycles. The zero-order valence-corrected chi connectivity index (χ0v) is 18.8. The molecule has 0 saturated heterocycles. The maximum absolute atomic E-state index is 12.4. The van der Waals surface area contributed by atoms with Crippen LogP contribution in [0.3, 0.4) is 0 Å². The van der Waals surface area contributed by atoms with Crippen molar-refractivity contribution in [1.82, 2.24) is 5.32 Å². The molecule has 1 amide bonds. The molecule has 9 nitrogen and oxygen atoms in total. The third kappa shape index (κ3) is 8.75. The van der Waals surface area contributed by atoms with E-state index in [1.807, 2.05) is 13.8 Å². The van der Waals surface area contributed by atoms with Crippen molar-refractivity contribution >= 4 is 23.8 Å². The van der Waals surface area contributed by atoms with Crippen molar-refractivity contribution in [2.24, 2.45) is 17.6 Å². The van der Waals surface area contributed by atoms with Gasteiger partial charge in [0.25, 0.3) is 0 Å². The minimum absolute atomic E-state index is 0.0774. The van der Waals surface area contributed by atoms with Crippen molar-refractivity contribution in [1.29, 1.82) is 0 Å². The molecule has 3 N–H and O–H groups in total. The summed E-state index contributed by atoms with van der Waals surface area (Å²) in [6.07, 6.45) is -0.717. The van der Waals surface area contributed by atoms with Gasteiger partial charge in [0, 0.05) is 6.92 Å². The highest BCUT2D eigenvalue weighted by molar-refractivity contribution is 5.90. The molecule has 0 aliphatic carbocycles. The van der Waals surface area contributed by atoms with Crippen LogP contribution < -0.4 is 15.8 Å². The van der Waals surface area contributed by atoms with Crippen molar-refractivity contribution in [2.75, 3.05) is 6.61 Å². The fourth-order valence-corrected chi connectivity index (χ4v) is 2.45. The molecule has 0 aliphatic rings. The van der Waals surface area contributed by atoms with Gasteiger partial charge in [-0.1, -0.05) is 27.7 Å². The van der Waals surface area contributed by atoms with E-state index in [0.29, 0.717) is 5.75 Å². The fourth-order valence-electron chi connectivity index (χ4n) is 2.45. The minimum Gasteiger partial charge on any atom is -0.460 e. The molecule has 3 unspecified atom stereocenters. The van der Waals surface area contributed by atoms with Crippen LogP contribution in [0.2, 0.25) is 0 Å². The van der Waals surface area contributed by atoms with Crippen LogP contribution >= 0.6 is 0 Å². The molecule has 0 bridgehead atoms. The van der Waals surface area contributed by atoms with Crippen LogP contribution in [0, 0.1) is 11.8 Å². The Morgan fingerprint density at radius 3 is 2.03 bits per heavy atom. The highest BCUT2D eigenvalue weighted by Gasteiger charge is 2.29. The van der Waals surface area contributed by atoms with Gasteiger partial charge in [-0.25, -0.2) is 9.59 Å². The van der Waals surface area contributed by atoms with Crippen LogP contribution in [-0.4, -0.2) is 48.6 Å². The molecule has 0 fully saturated rings. The number of carbonyl (C=O) groups excluding carboxylic acids is 4. The normalized spacial score (nSPS) is 13.8. The van der Waals surface area contributed by atoms with Gasteiger partial charge >= 0.3 is 17.9 Å². The Balaban J connectivity index is 2.59. The lowest BCUT2D eigenvalue weighted by atomic mass is 10.0. The van der Waals surface area contributed by atoms with Gasteiger partial charge in [0.1, 0.15) is 24.5 Å². The molecule has 0 aliphatic heterocycles. The second-order valence-electron chi connectivity index (χ2n) is 7.96. The van der Waals surface area contributed by atoms with Crippen LogP contribution in [0.4, 0.5) is 0 Å². The van der Waals surface area contributed by atoms with Crippen LogP contribution in [0.1, 0.15) is 51.9 Å². The van der Waals surface area contributed by atoms with E-state index >= 15 is 0 Å². The smallest absolute Gasteiger partial charge is 0.338 e. The molecule has 9 heteroatoms. The van der Waals surface area contributed by atoms with E-state index in [1.165, 1.54) is 31.2 Å². The Labute approximate surface area is 182 Å². The predicted octanol–water partition coefficient (Wildman–Crippen LogP) is 1.82. The molecule has 3 atom stereocenters. The SMILES string of the molecule is CC(=O)Oc1ccc(C(=O)OC(C)COC(=O)C(NC(=O)C(N)C(C)C)C(C)C)cc1. The Morgan fingerprint density at radius 2 is 1.55 bits per heavy atom. The third-order valence-electron chi connectivity index (χ3n) is 4.36. The van der Waals surface area contributed by atoms with Crippen molar-refractivity contribution in [2.45, 2.75) is 59.7 Å². The van der Waals surface area contributed by atoms with Gasteiger partial charge in [0.05, 0.1) is 11.6 Å². The summed E-state index contributed by atoms with van der Waals surface area (Å²) in [7, 11) is 0. The Bertz CT molecular complexity index is 775. The van der Waals surface area contributed by atoms with E-state index in [0.717, 1.165) is 0 Å². The van der Waals surface area contributed by atoms with Gasteiger partial charge in [-0.15, -0.1) is 0 Å². The second-order valence-corrected chi connectivity index (χ2v) is 7.96. The number of rotatable bonds is 10. The summed E-state index contributed by atoms with van der Waals surface area (Å²) in [4.78, 5) is 47.8. The summed E-state index contributed by atoms with van der Waals surface area (Å²) >= 11 is 0. The summed E-state index contributed by atoms with van der Waals surface area (Å²) in [6, 6.07) is 4.26. The molecular formula is C22H32N2O7. The first-order valence-corrected chi connectivity index (χ1v) is 10.1. The Kier molecular flexibility index (Phi) is 10.1. The van der Waals surface area contributed by atoms with Crippen molar-refractivity contribution in [3.05, 3.63) is 29.8 Å². The molecule has 31 heavy (non-hydrogen) atoms. The Morgan fingerprint density at radius 1 is 0.968 bits per heavy atom. The molecule has 0 aromatic heterocycles.